The van der Waals surface area contributed by atoms with Gasteiger partial charge in [0.05, 0.1) is 35.7 Å². The molecular weight excluding hydrogens is 320 g/mol. The highest BCUT2D eigenvalue weighted by Gasteiger charge is 2.18. The number of aryl methyl sites for hydroxylation is 1. The molecule has 3 aromatic rings. The summed E-state index contributed by atoms with van der Waals surface area (Å²) >= 11 is 8.03. The van der Waals surface area contributed by atoms with E-state index in [1.54, 1.807) is 11.3 Å². The molecule has 4 nitrogen and oxygen atoms in total. The summed E-state index contributed by atoms with van der Waals surface area (Å²) in [5.74, 6) is 0. The molecule has 0 saturated carbocycles. The minimum absolute atomic E-state index is 0.144. The molecule has 4 rings (SSSR count). The third kappa shape index (κ3) is 2.44. The first-order valence-corrected chi connectivity index (χ1v) is 8.34. The zero-order chi connectivity index (χ0) is 15.1. The van der Waals surface area contributed by atoms with Crippen LogP contribution in [0.4, 0.5) is 0 Å². The highest BCUT2D eigenvalue weighted by molar-refractivity contribution is 7.19. The molecule has 114 valence electrons. The smallest absolute Gasteiger partial charge is 0.173 e. The first-order chi connectivity index (χ1) is 10.7. The third-order valence-electron chi connectivity index (χ3n) is 3.76. The maximum atomic E-state index is 6.31. The molecular formula is C16H15ClN2O2S. The Kier molecular flexibility index (Phi) is 3.66. The monoisotopic (exact) mass is 334 g/mol. The Balaban J connectivity index is 1.76. The summed E-state index contributed by atoms with van der Waals surface area (Å²) in [5, 5.41) is 6.41. The van der Waals surface area contributed by atoms with Gasteiger partial charge in [0, 0.05) is 22.0 Å². The molecule has 1 saturated heterocycles. The van der Waals surface area contributed by atoms with Gasteiger partial charge in [-0.1, -0.05) is 17.7 Å². The van der Waals surface area contributed by atoms with Gasteiger partial charge in [-0.15, -0.1) is 11.3 Å². The lowest BCUT2D eigenvalue weighted by molar-refractivity contribution is -0.127. The van der Waals surface area contributed by atoms with E-state index < -0.39 is 0 Å². The molecule has 0 aliphatic carbocycles. The average molecular weight is 335 g/mol. The molecule has 22 heavy (non-hydrogen) atoms. The van der Waals surface area contributed by atoms with Crippen molar-refractivity contribution in [1.29, 1.82) is 0 Å². The molecule has 0 bridgehead atoms. The van der Waals surface area contributed by atoms with Gasteiger partial charge < -0.3 is 9.47 Å². The Morgan fingerprint density at radius 3 is 3.09 bits per heavy atom. The predicted molar refractivity (Wildman–Crippen MR) is 88.6 cm³/mol. The summed E-state index contributed by atoms with van der Waals surface area (Å²) in [5.41, 5.74) is 2.21. The Bertz CT molecular complexity index is 821. The molecule has 1 aliphatic rings. The summed E-state index contributed by atoms with van der Waals surface area (Å²) in [6, 6.07) is 6.18. The van der Waals surface area contributed by atoms with Crippen molar-refractivity contribution < 1.29 is 9.47 Å². The third-order valence-corrected chi connectivity index (χ3v) is 5.28. The van der Waals surface area contributed by atoms with E-state index in [9.17, 15) is 0 Å². The minimum Gasteiger partial charge on any atom is -0.374 e. The van der Waals surface area contributed by atoms with E-state index >= 15 is 0 Å². The lowest BCUT2D eigenvalue weighted by Crippen LogP contribution is -2.26. The van der Waals surface area contributed by atoms with Gasteiger partial charge in [-0.2, -0.15) is 5.10 Å². The largest absolute Gasteiger partial charge is 0.374 e. The summed E-state index contributed by atoms with van der Waals surface area (Å²) in [6.07, 6.45) is 3.73. The number of thiophene rings is 1. The summed E-state index contributed by atoms with van der Waals surface area (Å²) < 4.78 is 14.1. The number of fused-ring (bicyclic) bond motifs is 1. The molecule has 6 heteroatoms. The topological polar surface area (TPSA) is 36.3 Å². The molecule has 1 aromatic carbocycles. The van der Waals surface area contributed by atoms with Crippen LogP contribution in [0.5, 0.6) is 0 Å². The summed E-state index contributed by atoms with van der Waals surface area (Å²) in [7, 11) is 0. The van der Waals surface area contributed by atoms with Gasteiger partial charge in [-0.25, -0.2) is 4.68 Å². The van der Waals surface area contributed by atoms with Gasteiger partial charge in [0.15, 0.2) is 6.23 Å². The Hall–Kier alpha value is -1.40. The van der Waals surface area contributed by atoms with Gasteiger partial charge >= 0.3 is 0 Å². The van der Waals surface area contributed by atoms with Gasteiger partial charge in [0.1, 0.15) is 0 Å². The first kappa shape index (κ1) is 14.2. The van der Waals surface area contributed by atoms with Crippen molar-refractivity contribution in [2.45, 2.75) is 13.2 Å². The van der Waals surface area contributed by atoms with Crippen molar-refractivity contribution in [3.63, 3.8) is 0 Å². The molecule has 0 radical (unpaired) electrons. The van der Waals surface area contributed by atoms with Gasteiger partial charge in [0.25, 0.3) is 0 Å². The number of ether oxygens (including phenoxy) is 2. The van der Waals surface area contributed by atoms with Crippen LogP contribution in [0.25, 0.3) is 21.2 Å². The van der Waals surface area contributed by atoms with Crippen LogP contribution in [0, 0.1) is 6.92 Å². The van der Waals surface area contributed by atoms with Crippen LogP contribution >= 0.6 is 22.9 Å². The van der Waals surface area contributed by atoms with E-state index in [1.165, 1.54) is 10.3 Å². The van der Waals surface area contributed by atoms with Crippen molar-refractivity contribution in [2.24, 2.45) is 0 Å². The lowest BCUT2D eigenvalue weighted by atomic mass is 10.1. The number of hydrogen-bond donors (Lipinski definition) is 0. The standard InChI is InChI=1S/C16H15ClN2O2S/c1-10-6-13-12(2-3-14(17)16(13)22-10)11-7-18-19(8-11)15-9-20-4-5-21-15/h2-3,6-8,15H,4-5,9H2,1H3. The lowest BCUT2D eigenvalue weighted by Gasteiger charge is -2.22. The molecule has 1 atom stereocenters. The zero-order valence-electron chi connectivity index (χ0n) is 12.1. The van der Waals surface area contributed by atoms with Crippen LogP contribution in [0.3, 0.4) is 0 Å². The van der Waals surface area contributed by atoms with Crippen LogP contribution < -0.4 is 0 Å². The summed E-state index contributed by atoms with van der Waals surface area (Å²) in [4.78, 5) is 1.25. The van der Waals surface area contributed by atoms with E-state index in [0.717, 1.165) is 20.8 Å². The van der Waals surface area contributed by atoms with Gasteiger partial charge in [-0.3, -0.25) is 0 Å². The predicted octanol–water partition coefficient (Wildman–Crippen LogP) is 4.27. The van der Waals surface area contributed by atoms with Crippen molar-refractivity contribution >= 4 is 33.0 Å². The van der Waals surface area contributed by atoms with E-state index in [4.69, 9.17) is 21.1 Å². The van der Waals surface area contributed by atoms with Crippen molar-refractivity contribution in [3.05, 3.63) is 40.5 Å². The number of rotatable bonds is 2. The molecule has 1 aliphatic heterocycles. The number of aromatic nitrogens is 2. The molecule has 1 unspecified atom stereocenters. The maximum Gasteiger partial charge on any atom is 0.173 e. The van der Waals surface area contributed by atoms with Crippen LogP contribution in [-0.4, -0.2) is 29.6 Å². The number of hydrogen-bond acceptors (Lipinski definition) is 4. The molecule has 0 spiro atoms. The molecule has 1 fully saturated rings. The van der Waals surface area contributed by atoms with Gasteiger partial charge in [-0.05, 0) is 24.6 Å². The normalized spacial score (nSPS) is 18.9. The van der Waals surface area contributed by atoms with E-state index in [0.29, 0.717) is 19.8 Å². The van der Waals surface area contributed by atoms with E-state index in [2.05, 4.69) is 24.2 Å². The van der Waals surface area contributed by atoms with Crippen LogP contribution in [0.15, 0.2) is 30.6 Å². The fourth-order valence-corrected chi connectivity index (χ4v) is 3.95. The van der Waals surface area contributed by atoms with Crippen LogP contribution in [0.2, 0.25) is 5.02 Å². The second kappa shape index (κ2) is 5.66. The van der Waals surface area contributed by atoms with Crippen molar-refractivity contribution in [3.8, 4) is 11.1 Å². The fraction of sp³-hybridized carbons (Fsp3) is 0.312. The summed E-state index contributed by atoms with van der Waals surface area (Å²) in [6.45, 7) is 3.89. The molecule has 0 N–H and O–H groups in total. The average Bonchev–Trinajstić information content (AvgIpc) is 3.16. The minimum atomic E-state index is -0.144. The van der Waals surface area contributed by atoms with E-state index in [-0.39, 0.29) is 6.23 Å². The SMILES string of the molecule is Cc1cc2c(-c3cnn(C4COCCO4)c3)ccc(Cl)c2s1. The molecule has 3 heterocycles. The fourth-order valence-electron chi connectivity index (χ4n) is 2.73. The van der Waals surface area contributed by atoms with Crippen LogP contribution in [0.1, 0.15) is 11.1 Å². The molecule has 0 amide bonds. The Morgan fingerprint density at radius 2 is 2.27 bits per heavy atom. The Labute approximate surface area is 137 Å². The Morgan fingerprint density at radius 1 is 1.36 bits per heavy atom. The highest BCUT2D eigenvalue weighted by atomic mass is 35.5. The first-order valence-electron chi connectivity index (χ1n) is 7.15. The number of halogens is 1. The maximum absolute atomic E-state index is 6.31. The van der Waals surface area contributed by atoms with E-state index in [1.807, 2.05) is 23.1 Å². The number of benzene rings is 1. The van der Waals surface area contributed by atoms with Crippen molar-refractivity contribution in [2.75, 3.05) is 19.8 Å². The number of nitrogens with zero attached hydrogens (tertiary/aromatic N) is 2. The van der Waals surface area contributed by atoms with Gasteiger partial charge in [0.2, 0.25) is 0 Å². The second-order valence-electron chi connectivity index (χ2n) is 5.30. The quantitative estimate of drug-likeness (QED) is 0.702. The zero-order valence-corrected chi connectivity index (χ0v) is 13.7. The highest BCUT2D eigenvalue weighted by Crippen LogP contribution is 2.38. The second-order valence-corrected chi connectivity index (χ2v) is 6.97. The van der Waals surface area contributed by atoms with Crippen molar-refractivity contribution in [1.82, 2.24) is 9.78 Å². The molecule has 2 aromatic heterocycles. The van der Waals surface area contributed by atoms with Crippen LogP contribution in [-0.2, 0) is 9.47 Å².